The van der Waals surface area contributed by atoms with Gasteiger partial charge in [0.05, 0.1) is 12.6 Å². The van der Waals surface area contributed by atoms with Gasteiger partial charge in [0.2, 0.25) is 17.7 Å². The monoisotopic (exact) mass is 224 g/mol. The van der Waals surface area contributed by atoms with Gasteiger partial charge >= 0.3 is 0 Å². The maximum absolute atomic E-state index is 11.6. The van der Waals surface area contributed by atoms with E-state index in [1.807, 2.05) is 6.92 Å². The van der Waals surface area contributed by atoms with Gasteiger partial charge in [-0.2, -0.15) is 0 Å². The molecule has 6 heteroatoms. The van der Waals surface area contributed by atoms with E-state index in [4.69, 9.17) is 4.42 Å². The van der Waals surface area contributed by atoms with Gasteiger partial charge in [-0.3, -0.25) is 10.1 Å². The lowest BCUT2D eigenvalue weighted by Gasteiger charge is -2.11. The van der Waals surface area contributed by atoms with E-state index in [-0.39, 0.29) is 11.9 Å². The van der Waals surface area contributed by atoms with Crippen molar-refractivity contribution in [1.82, 2.24) is 20.8 Å². The summed E-state index contributed by atoms with van der Waals surface area (Å²) in [5, 5.41) is 13.5. The molecular formula is C10H16N4O2. The lowest BCUT2D eigenvalue weighted by molar-refractivity contribution is -0.122. The number of carbonyl (C=O) groups is 1. The zero-order valence-electron chi connectivity index (χ0n) is 9.49. The van der Waals surface area contributed by atoms with Crippen molar-refractivity contribution in [2.75, 3.05) is 0 Å². The normalized spacial score (nSPS) is 17.1. The third-order valence-corrected chi connectivity index (χ3v) is 2.44. The van der Waals surface area contributed by atoms with Crippen LogP contribution in [0.1, 0.15) is 31.5 Å². The molecule has 1 atom stereocenters. The molecule has 0 radical (unpaired) electrons. The number of nitrogens with zero attached hydrogens (tertiary/aromatic N) is 2. The Morgan fingerprint density at radius 2 is 2.31 bits per heavy atom. The summed E-state index contributed by atoms with van der Waals surface area (Å²) in [7, 11) is 0. The van der Waals surface area contributed by atoms with Crippen molar-refractivity contribution in [1.29, 1.82) is 0 Å². The van der Waals surface area contributed by atoms with Crippen LogP contribution in [0.15, 0.2) is 4.42 Å². The maximum atomic E-state index is 11.6. The van der Waals surface area contributed by atoms with Crippen molar-refractivity contribution in [3.63, 3.8) is 0 Å². The number of hydrogen-bond donors (Lipinski definition) is 2. The first-order valence-electron chi connectivity index (χ1n) is 5.48. The van der Waals surface area contributed by atoms with E-state index >= 15 is 0 Å². The highest BCUT2D eigenvalue weighted by molar-refractivity contribution is 5.81. The Morgan fingerprint density at radius 1 is 1.56 bits per heavy atom. The zero-order chi connectivity index (χ0) is 11.5. The summed E-state index contributed by atoms with van der Waals surface area (Å²) < 4.78 is 5.19. The Hall–Kier alpha value is -1.43. The average Bonchev–Trinajstić information content (AvgIpc) is 2.96. The summed E-state index contributed by atoms with van der Waals surface area (Å²) in [5.41, 5.74) is 0. The molecule has 2 rings (SSSR count). The van der Waals surface area contributed by atoms with Gasteiger partial charge in [-0.05, 0) is 19.8 Å². The van der Waals surface area contributed by atoms with Gasteiger partial charge in [0.15, 0.2) is 0 Å². The van der Waals surface area contributed by atoms with Crippen molar-refractivity contribution in [3.8, 4) is 0 Å². The molecule has 1 aromatic heterocycles. The number of rotatable bonds is 5. The molecule has 6 nitrogen and oxygen atoms in total. The second-order valence-corrected chi connectivity index (χ2v) is 4.10. The average molecular weight is 224 g/mol. The Labute approximate surface area is 93.8 Å². The lowest BCUT2D eigenvalue weighted by Crippen LogP contribution is -2.42. The van der Waals surface area contributed by atoms with Crippen LogP contribution in [0.25, 0.3) is 0 Å². The summed E-state index contributed by atoms with van der Waals surface area (Å²) in [4.78, 5) is 11.6. The van der Waals surface area contributed by atoms with Crippen LogP contribution in [0.3, 0.4) is 0 Å². The molecule has 1 saturated carbocycles. The molecule has 1 aromatic rings. The second kappa shape index (κ2) is 4.61. The largest absolute Gasteiger partial charge is 0.424 e. The van der Waals surface area contributed by atoms with Crippen LogP contribution in [-0.4, -0.2) is 28.2 Å². The van der Waals surface area contributed by atoms with Crippen molar-refractivity contribution in [3.05, 3.63) is 11.8 Å². The van der Waals surface area contributed by atoms with Gasteiger partial charge < -0.3 is 9.73 Å². The standard InChI is InChI=1S/C10H16N4O2/c1-6(10(15)12-8-3-4-8)11-5-9-14-13-7(2)16-9/h6,8,11H,3-5H2,1-2H3,(H,12,15). The van der Waals surface area contributed by atoms with Crippen LogP contribution in [0.2, 0.25) is 0 Å². The van der Waals surface area contributed by atoms with Crippen LogP contribution in [0.4, 0.5) is 0 Å². The van der Waals surface area contributed by atoms with Crippen LogP contribution in [-0.2, 0) is 11.3 Å². The molecule has 0 aromatic carbocycles. The lowest BCUT2D eigenvalue weighted by atomic mass is 10.3. The molecule has 0 bridgehead atoms. The van der Waals surface area contributed by atoms with Crippen molar-refractivity contribution in [2.45, 2.75) is 45.3 Å². The summed E-state index contributed by atoms with van der Waals surface area (Å²) >= 11 is 0. The third kappa shape index (κ3) is 3.03. The van der Waals surface area contributed by atoms with Crippen LogP contribution >= 0.6 is 0 Å². The molecule has 1 aliphatic carbocycles. The topological polar surface area (TPSA) is 80.0 Å². The minimum atomic E-state index is -0.243. The van der Waals surface area contributed by atoms with E-state index in [9.17, 15) is 4.79 Å². The van der Waals surface area contributed by atoms with Gasteiger partial charge in [-0.1, -0.05) is 0 Å². The molecule has 88 valence electrons. The summed E-state index contributed by atoms with van der Waals surface area (Å²) in [5.74, 6) is 1.06. The predicted octanol–water partition coefficient (Wildman–Crippen LogP) is 0.135. The fourth-order valence-electron chi connectivity index (χ4n) is 1.30. The zero-order valence-corrected chi connectivity index (χ0v) is 9.49. The Morgan fingerprint density at radius 3 is 2.88 bits per heavy atom. The first kappa shape index (κ1) is 11.1. The first-order chi connectivity index (χ1) is 7.65. The fourth-order valence-corrected chi connectivity index (χ4v) is 1.30. The number of amides is 1. The van der Waals surface area contributed by atoms with E-state index in [1.54, 1.807) is 6.92 Å². The highest BCUT2D eigenvalue weighted by atomic mass is 16.4. The van der Waals surface area contributed by atoms with Crippen molar-refractivity contribution < 1.29 is 9.21 Å². The molecule has 1 aliphatic rings. The minimum absolute atomic E-state index is 0.0266. The predicted molar refractivity (Wildman–Crippen MR) is 56.5 cm³/mol. The summed E-state index contributed by atoms with van der Waals surface area (Å²) in [6, 6.07) is 0.148. The summed E-state index contributed by atoms with van der Waals surface area (Å²) in [6.07, 6.45) is 2.20. The van der Waals surface area contributed by atoms with Gasteiger partial charge in [-0.25, -0.2) is 0 Å². The maximum Gasteiger partial charge on any atom is 0.237 e. The van der Waals surface area contributed by atoms with E-state index in [2.05, 4.69) is 20.8 Å². The highest BCUT2D eigenvalue weighted by Gasteiger charge is 2.25. The Kier molecular flexibility index (Phi) is 3.19. The Bertz CT molecular complexity index is 373. The van der Waals surface area contributed by atoms with E-state index in [1.165, 1.54) is 0 Å². The van der Waals surface area contributed by atoms with E-state index in [0.29, 0.717) is 24.4 Å². The number of carbonyl (C=O) groups excluding carboxylic acids is 1. The summed E-state index contributed by atoms with van der Waals surface area (Å²) in [6.45, 7) is 3.97. The van der Waals surface area contributed by atoms with E-state index < -0.39 is 0 Å². The van der Waals surface area contributed by atoms with Crippen molar-refractivity contribution >= 4 is 5.91 Å². The van der Waals surface area contributed by atoms with Gasteiger partial charge in [0.25, 0.3) is 0 Å². The first-order valence-corrected chi connectivity index (χ1v) is 5.48. The van der Waals surface area contributed by atoms with Gasteiger partial charge in [0.1, 0.15) is 0 Å². The number of nitrogens with one attached hydrogen (secondary N) is 2. The number of aryl methyl sites for hydroxylation is 1. The molecule has 16 heavy (non-hydrogen) atoms. The number of hydrogen-bond acceptors (Lipinski definition) is 5. The Balaban J connectivity index is 1.73. The molecule has 0 aliphatic heterocycles. The molecule has 1 amide bonds. The molecule has 1 unspecified atom stereocenters. The highest BCUT2D eigenvalue weighted by Crippen LogP contribution is 2.18. The smallest absolute Gasteiger partial charge is 0.237 e. The van der Waals surface area contributed by atoms with Gasteiger partial charge in [0, 0.05) is 13.0 Å². The van der Waals surface area contributed by atoms with Crippen LogP contribution in [0, 0.1) is 6.92 Å². The molecular weight excluding hydrogens is 208 g/mol. The molecule has 0 saturated heterocycles. The minimum Gasteiger partial charge on any atom is -0.424 e. The molecule has 2 N–H and O–H groups in total. The van der Waals surface area contributed by atoms with Crippen LogP contribution in [0.5, 0.6) is 0 Å². The molecule has 1 heterocycles. The van der Waals surface area contributed by atoms with Crippen molar-refractivity contribution in [2.24, 2.45) is 0 Å². The number of aromatic nitrogens is 2. The fraction of sp³-hybridized carbons (Fsp3) is 0.700. The second-order valence-electron chi connectivity index (χ2n) is 4.10. The van der Waals surface area contributed by atoms with E-state index in [0.717, 1.165) is 12.8 Å². The SMILES string of the molecule is Cc1nnc(CNC(C)C(=O)NC2CC2)o1. The third-order valence-electron chi connectivity index (χ3n) is 2.44. The molecule has 1 fully saturated rings. The molecule has 0 spiro atoms. The quantitative estimate of drug-likeness (QED) is 0.743. The van der Waals surface area contributed by atoms with Gasteiger partial charge in [-0.15, -0.1) is 10.2 Å². The van der Waals surface area contributed by atoms with Crippen LogP contribution < -0.4 is 10.6 Å².